The number of rotatable bonds is 4. The summed E-state index contributed by atoms with van der Waals surface area (Å²) >= 11 is 1.17. The molecule has 21 heavy (non-hydrogen) atoms. The third-order valence-electron chi connectivity index (χ3n) is 2.96. The van der Waals surface area contributed by atoms with Gasteiger partial charge in [0.05, 0.1) is 18.3 Å². The van der Waals surface area contributed by atoms with E-state index in [1.807, 2.05) is 18.2 Å². The minimum Gasteiger partial charge on any atom is -0.340 e. The fourth-order valence-corrected chi connectivity index (χ4v) is 2.25. The van der Waals surface area contributed by atoms with Crippen LogP contribution in [-0.2, 0) is 11.3 Å². The van der Waals surface area contributed by atoms with Gasteiger partial charge in [0.2, 0.25) is 5.91 Å². The first-order valence-electron chi connectivity index (χ1n) is 6.37. The number of hydrogen-bond acceptors (Lipinski definition) is 5. The van der Waals surface area contributed by atoms with Crippen molar-refractivity contribution < 1.29 is 9.59 Å². The van der Waals surface area contributed by atoms with Crippen LogP contribution in [0.2, 0.25) is 0 Å². The van der Waals surface area contributed by atoms with E-state index >= 15 is 0 Å². The summed E-state index contributed by atoms with van der Waals surface area (Å²) in [5.41, 5.74) is 2.67. The molecule has 0 aliphatic heterocycles. The van der Waals surface area contributed by atoms with Gasteiger partial charge in [-0.05, 0) is 17.7 Å². The summed E-state index contributed by atoms with van der Waals surface area (Å²) in [6.45, 7) is 0.443. The number of fused-ring (bicyclic) bond motifs is 1. The Balaban J connectivity index is 1.92. The summed E-state index contributed by atoms with van der Waals surface area (Å²) in [5.74, 6) is -0.151. The average molecular weight is 307 g/mol. The molecule has 112 valence electrons. The standard InChI is InChI=1S/C13H17N5O2S/c1-17(2)13(20)14-7-12(19)18(3)8-9-4-5-10-11(6-9)16-21-15-10/h4-6H,7-8H2,1-3H3,(H,14,20). The van der Waals surface area contributed by atoms with E-state index < -0.39 is 0 Å². The van der Waals surface area contributed by atoms with Crippen LogP contribution in [-0.4, -0.2) is 58.2 Å². The SMILES string of the molecule is CN(C)C(=O)NCC(=O)N(C)Cc1ccc2nsnc2c1. The van der Waals surface area contributed by atoms with Crippen molar-refractivity contribution in [3.8, 4) is 0 Å². The predicted molar refractivity (Wildman–Crippen MR) is 81.0 cm³/mol. The smallest absolute Gasteiger partial charge is 0.317 e. The lowest BCUT2D eigenvalue weighted by Crippen LogP contribution is -2.41. The molecular formula is C13H17N5O2S. The molecule has 1 heterocycles. The third-order valence-corrected chi connectivity index (χ3v) is 3.52. The molecule has 0 bridgehead atoms. The van der Waals surface area contributed by atoms with Crippen LogP contribution in [0.4, 0.5) is 4.79 Å². The molecule has 0 aliphatic rings. The van der Waals surface area contributed by atoms with Crippen molar-refractivity contribution in [2.24, 2.45) is 0 Å². The molecule has 0 spiro atoms. The average Bonchev–Trinajstić information content (AvgIpc) is 2.91. The lowest BCUT2D eigenvalue weighted by molar-refractivity contribution is -0.129. The quantitative estimate of drug-likeness (QED) is 0.911. The van der Waals surface area contributed by atoms with E-state index in [2.05, 4.69) is 14.1 Å². The van der Waals surface area contributed by atoms with Crippen molar-refractivity contribution in [1.29, 1.82) is 0 Å². The van der Waals surface area contributed by atoms with E-state index in [1.165, 1.54) is 16.6 Å². The Morgan fingerprint density at radius 1 is 1.19 bits per heavy atom. The Morgan fingerprint density at radius 2 is 1.90 bits per heavy atom. The molecule has 0 radical (unpaired) electrons. The highest BCUT2D eigenvalue weighted by Gasteiger charge is 2.12. The number of nitrogens with zero attached hydrogens (tertiary/aromatic N) is 4. The molecule has 3 amide bonds. The van der Waals surface area contributed by atoms with Gasteiger partial charge in [-0.25, -0.2) is 4.79 Å². The Kier molecular flexibility index (Phi) is 4.69. The number of urea groups is 1. The number of aromatic nitrogens is 2. The largest absolute Gasteiger partial charge is 0.340 e. The summed E-state index contributed by atoms with van der Waals surface area (Å²) in [5, 5.41) is 2.55. The van der Waals surface area contributed by atoms with Gasteiger partial charge in [-0.1, -0.05) is 6.07 Å². The van der Waals surface area contributed by atoms with E-state index in [1.54, 1.807) is 26.0 Å². The van der Waals surface area contributed by atoms with E-state index in [-0.39, 0.29) is 18.5 Å². The monoisotopic (exact) mass is 307 g/mol. The lowest BCUT2D eigenvalue weighted by atomic mass is 10.2. The zero-order valence-electron chi connectivity index (χ0n) is 12.2. The molecular weight excluding hydrogens is 290 g/mol. The second-order valence-electron chi connectivity index (χ2n) is 4.89. The number of carbonyl (C=O) groups is 2. The molecule has 8 heteroatoms. The van der Waals surface area contributed by atoms with E-state index in [0.29, 0.717) is 6.54 Å². The Morgan fingerprint density at radius 3 is 2.62 bits per heavy atom. The maximum absolute atomic E-state index is 12.0. The van der Waals surface area contributed by atoms with Gasteiger partial charge in [-0.15, -0.1) is 0 Å². The van der Waals surface area contributed by atoms with E-state index in [0.717, 1.165) is 16.6 Å². The zero-order chi connectivity index (χ0) is 15.4. The first kappa shape index (κ1) is 15.2. The summed E-state index contributed by atoms with van der Waals surface area (Å²) in [6.07, 6.45) is 0. The van der Waals surface area contributed by atoms with Crippen LogP contribution in [0.25, 0.3) is 11.0 Å². The van der Waals surface area contributed by atoms with Crippen molar-refractivity contribution in [1.82, 2.24) is 23.9 Å². The molecule has 1 N–H and O–H groups in total. The van der Waals surface area contributed by atoms with Crippen molar-refractivity contribution in [2.75, 3.05) is 27.7 Å². The molecule has 1 aromatic carbocycles. The molecule has 0 fully saturated rings. The van der Waals surface area contributed by atoms with Gasteiger partial charge in [-0.2, -0.15) is 8.75 Å². The zero-order valence-corrected chi connectivity index (χ0v) is 13.0. The van der Waals surface area contributed by atoms with Crippen LogP contribution in [0.15, 0.2) is 18.2 Å². The predicted octanol–water partition coefficient (Wildman–Crippen LogP) is 0.921. The van der Waals surface area contributed by atoms with Gasteiger partial charge in [0, 0.05) is 27.7 Å². The molecule has 2 aromatic rings. The van der Waals surface area contributed by atoms with Crippen LogP contribution in [0.5, 0.6) is 0 Å². The summed E-state index contributed by atoms with van der Waals surface area (Å²) in [7, 11) is 4.95. The topological polar surface area (TPSA) is 78.4 Å². The maximum atomic E-state index is 12.0. The number of hydrogen-bond donors (Lipinski definition) is 1. The molecule has 2 rings (SSSR count). The van der Waals surface area contributed by atoms with E-state index in [9.17, 15) is 9.59 Å². The van der Waals surface area contributed by atoms with E-state index in [4.69, 9.17) is 0 Å². The third kappa shape index (κ3) is 3.88. The van der Waals surface area contributed by atoms with Crippen LogP contribution >= 0.6 is 11.7 Å². The Labute approximate surface area is 126 Å². The molecule has 0 aliphatic carbocycles. The van der Waals surface area contributed by atoms with Crippen LogP contribution in [0.3, 0.4) is 0 Å². The van der Waals surface area contributed by atoms with Gasteiger partial charge in [0.1, 0.15) is 11.0 Å². The van der Waals surface area contributed by atoms with Gasteiger partial charge in [0.25, 0.3) is 0 Å². The molecule has 0 saturated heterocycles. The fourth-order valence-electron chi connectivity index (χ4n) is 1.73. The van der Waals surface area contributed by atoms with Gasteiger partial charge in [0.15, 0.2) is 0 Å². The van der Waals surface area contributed by atoms with Crippen molar-refractivity contribution in [3.05, 3.63) is 23.8 Å². The Hall–Kier alpha value is -2.22. The molecule has 1 aromatic heterocycles. The second kappa shape index (κ2) is 6.49. The van der Waals surface area contributed by atoms with Crippen molar-refractivity contribution >= 4 is 34.7 Å². The summed E-state index contributed by atoms with van der Waals surface area (Å²) < 4.78 is 8.31. The molecule has 0 unspecified atom stereocenters. The first-order valence-corrected chi connectivity index (χ1v) is 7.10. The normalized spacial score (nSPS) is 10.4. The number of likely N-dealkylation sites (N-methyl/N-ethyl adjacent to an activating group) is 1. The Bertz CT molecular complexity index is 655. The highest BCUT2D eigenvalue weighted by molar-refractivity contribution is 7.00. The first-order chi connectivity index (χ1) is 9.97. The van der Waals surface area contributed by atoms with Gasteiger partial charge in [-0.3, -0.25) is 4.79 Å². The number of nitrogens with one attached hydrogen (secondary N) is 1. The number of amides is 3. The lowest BCUT2D eigenvalue weighted by Gasteiger charge is -2.18. The van der Waals surface area contributed by atoms with Crippen LogP contribution < -0.4 is 5.32 Å². The maximum Gasteiger partial charge on any atom is 0.317 e. The minimum absolute atomic E-state index is 0.0198. The molecule has 0 saturated carbocycles. The fraction of sp³-hybridized carbons (Fsp3) is 0.385. The number of benzene rings is 1. The van der Waals surface area contributed by atoms with Crippen molar-refractivity contribution in [3.63, 3.8) is 0 Å². The van der Waals surface area contributed by atoms with Gasteiger partial charge >= 0.3 is 6.03 Å². The summed E-state index contributed by atoms with van der Waals surface area (Å²) in [6, 6.07) is 5.44. The molecule has 0 atom stereocenters. The van der Waals surface area contributed by atoms with Crippen LogP contribution in [0, 0.1) is 0 Å². The summed E-state index contributed by atoms with van der Waals surface area (Å²) in [4.78, 5) is 26.3. The minimum atomic E-state index is -0.285. The highest BCUT2D eigenvalue weighted by Crippen LogP contribution is 2.14. The van der Waals surface area contributed by atoms with Gasteiger partial charge < -0.3 is 15.1 Å². The van der Waals surface area contributed by atoms with Crippen LogP contribution in [0.1, 0.15) is 5.56 Å². The van der Waals surface area contributed by atoms with Crippen molar-refractivity contribution in [2.45, 2.75) is 6.54 Å². The highest BCUT2D eigenvalue weighted by atomic mass is 32.1. The number of carbonyl (C=O) groups excluding carboxylic acids is 2. The molecule has 7 nitrogen and oxygen atoms in total. The second-order valence-corrected chi connectivity index (χ2v) is 5.42.